The average Bonchev–Trinajstić information content (AvgIpc) is 2.67. The number of anilines is 1. The van der Waals surface area contributed by atoms with Gasteiger partial charge in [-0.15, -0.1) is 0 Å². The van der Waals surface area contributed by atoms with E-state index >= 15 is 0 Å². The Hall–Kier alpha value is -2.47. The lowest BCUT2D eigenvalue weighted by atomic mass is 10.0. The first-order chi connectivity index (χ1) is 12.6. The smallest absolute Gasteiger partial charge is 0.295 e. The van der Waals surface area contributed by atoms with E-state index in [2.05, 4.69) is 22.3 Å². The Morgan fingerprint density at radius 2 is 1.81 bits per heavy atom. The molecule has 1 aliphatic rings. The highest BCUT2D eigenvalue weighted by atomic mass is 19.1. The van der Waals surface area contributed by atoms with E-state index in [-0.39, 0.29) is 11.7 Å². The normalized spacial score (nSPS) is 15.0. The summed E-state index contributed by atoms with van der Waals surface area (Å²) in [5.41, 5.74) is 1.47. The standard InChI is InChI=1S/C18H20FN3O2.C2H6/c19-15-6-7-17(18(12-15)22(23)24)20-16-8-10-21(11-9-16)13-14-4-2-1-3-5-14;1-2/h1-7,12,16,20H,8-11,13H2;1-2H3. The third-order valence-electron chi connectivity index (χ3n) is 4.35. The maximum atomic E-state index is 13.2. The van der Waals surface area contributed by atoms with Crippen molar-refractivity contribution in [2.45, 2.75) is 39.3 Å². The summed E-state index contributed by atoms with van der Waals surface area (Å²) >= 11 is 0. The molecule has 0 spiro atoms. The van der Waals surface area contributed by atoms with Gasteiger partial charge in [-0.1, -0.05) is 44.2 Å². The number of hydrogen-bond donors (Lipinski definition) is 1. The van der Waals surface area contributed by atoms with E-state index in [1.165, 1.54) is 17.7 Å². The number of halogens is 1. The monoisotopic (exact) mass is 359 g/mol. The number of hydrogen-bond acceptors (Lipinski definition) is 4. The lowest BCUT2D eigenvalue weighted by Gasteiger charge is -2.32. The maximum absolute atomic E-state index is 13.2. The number of rotatable bonds is 5. The molecule has 0 unspecified atom stereocenters. The molecular formula is C20H26FN3O2. The zero-order valence-corrected chi connectivity index (χ0v) is 15.3. The van der Waals surface area contributed by atoms with E-state index in [1.807, 2.05) is 32.0 Å². The molecule has 1 heterocycles. The molecular weight excluding hydrogens is 333 g/mol. The first-order valence-electron chi connectivity index (χ1n) is 9.08. The molecule has 1 aliphatic heterocycles. The van der Waals surface area contributed by atoms with Crippen molar-refractivity contribution in [2.24, 2.45) is 0 Å². The second-order valence-corrected chi connectivity index (χ2v) is 6.10. The summed E-state index contributed by atoms with van der Waals surface area (Å²) in [6.07, 6.45) is 1.81. The molecule has 1 saturated heterocycles. The number of nitrogens with one attached hydrogen (secondary N) is 1. The highest BCUT2D eigenvalue weighted by Crippen LogP contribution is 2.27. The number of piperidine rings is 1. The number of benzene rings is 2. The van der Waals surface area contributed by atoms with Crippen LogP contribution >= 0.6 is 0 Å². The van der Waals surface area contributed by atoms with Crippen molar-refractivity contribution < 1.29 is 9.31 Å². The number of nitro benzene ring substituents is 1. The van der Waals surface area contributed by atoms with Gasteiger partial charge in [-0.05, 0) is 30.5 Å². The SMILES string of the molecule is CC.O=[N+]([O-])c1cc(F)ccc1NC1CCN(Cc2ccccc2)CC1. The van der Waals surface area contributed by atoms with Crippen molar-refractivity contribution in [3.8, 4) is 0 Å². The molecule has 2 aromatic rings. The number of nitrogens with zero attached hydrogens (tertiary/aromatic N) is 2. The van der Waals surface area contributed by atoms with Gasteiger partial charge in [-0.2, -0.15) is 0 Å². The highest BCUT2D eigenvalue weighted by molar-refractivity contribution is 5.61. The molecule has 0 aromatic heterocycles. The Balaban J connectivity index is 0.00000117. The lowest BCUT2D eigenvalue weighted by molar-refractivity contribution is -0.384. The molecule has 3 rings (SSSR count). The first-order valence-corrected chi connectivity index (χ1v) is 9.08. The Morgan fingerprint density at radius 1 is 1.15 bits per heavy atom. The molecule has 5 nitrogen and oxygen atoms in total. The molecule has 0 bridgehead atoms. The molecule has 140 valence electrons. The van der Waals surface area contributed by atoms with Crippen LogP contribution in [0.25, 0.3) is 0 Å². The van der Waals surface area contributed by atoms with Crippen molar-refractivity contribution in [3.05, 3.63) is 70.0 Å². The Bertz CT molecular complexity index is 701. The summed E-state index contributed by atoms with van der Waals surface area (Å²) in [6.45, 7) is 6.79. The Labute approximate surface area is 154 Å². The zero-order valence-electron chi connectivity index (χ0n) is 15.3. The molecule has 6 heteroatoms. The van der Waals surface area contributed by atoms with Crippen LogP contribution in [0.15, 0.2) is 48.5 Å². The van der Waals surface area contributed by atoms with E-state index in [4.69, 9.17) is 0 Å². The fourth-order valence-electron chi connectivity index (χ4n) is 3.07. The van der Waals surface area contributed by atoms with Gasteiger partial charge < -0.3 is 5.32 Å². The summed E-state index contributed by atoms with van der Waals surface area (Å²) in [5, 5.41) is 14.3. The highest BCUT2D eigenvalue weighted by Gasteiger charge is 2.22. The molecule has 0 radical (unpaired) electrons. The van der Waals surface area contributed by atoms with Gasteiger partial charge in [-0.3, -0.25) is 15.0 Å². The predicted octanol–water partition coefficient (Wildman–Crippen LogP) is 4.84. The summed E-state index contributed by atoms with van der Waals surface area (Å²) in [6, 6.07) is 14.2. The fraction of sp³-hybridized carbons (Fsp3) is 0.400. The third kappa shape index (κ3) is 5.52. The molecule has 1 N–H and O–H groups in total. The topological polar surface area (TPSA) is 58.4 Å². The van der Waals surface area contributed by atoms with Gasteiger partial charge in [-0.25, -0.2) is 4.39 Å². The van der Waals surface area contributed by atoms with Crippen molar-refractivity contribution in [1.82, 2.24) is 4.90 Å². The third-order valence-corrected chi connectivity index (χ3v) is 4.35. The van der Waals surface area contributed by atoms with E-state index < -0.39 is 10.7 Å². The van der Waals surface area contributed by atoms with Gasteiger partial charge >= 0.3 is 0 Å². The number of likely N-dealkylation sites (tertiary alicyclic amines) is 1. The van der Waals surface area contributed by atoms with Crippen LogP contribution in [-0.4, -0.2) is 29.0 Å². The van der Waals surface area contributed by atoms with Gasteiger partial charge in [0.25, 0.3) is 5.69 Å². The van der Waals surface area contributed by atoms with Crippen molar-refractivity contribution >= 4 is 11.4 Å². The molecule has 2 aromatic carbocycles. The summed E-state index contributed by atoms with van der Waals surface area (Å²) in [7, 11) is 0. The average molecular weight is 359 g/mol. The minimum absolute atomic E-state index is 0.168. The Kier molecular flexibility index (Phi) is 7.53. The fourth-order valence-corrected chi connectivity index (χ4v) is 3.07. The number of nitro groups is 1. The van der Waals surface area contributed by atoms with E-state index in [0.717, 1.165) is 38.5 Å². The van der Waals surface area contributed by atoms with Crippen molar-refractivity contribution in [1.29, 1.82) is 0 Å². The molecule has 0 aliphatic carbocycles. The lowest BCUT2D eigenvalue weighted by Crippen LogP contribution is -2.38. The van der Waals surface area contributed by atoms with Crippen LogP contribution in [0.5, 0.6) is 0 Å². The van der Waals surface area contributed by atoms with Crippen LogP contribution in [0, 0.1) is 15.9 Å². The second kappa shape index (κ2) is 9.87. The predicted molar refractivity (Wildman–Crippen MR) is 103 cm³/mol. The molecule has 0 amide bonds. The van der Waals surface area contributed by atoms with Gasteiger partial charge in [0.2, 0.25) is 0 Å². The van der Waals surface area contributed by atoms with Gasteiger partial charge in [0.05, 0.1) is 11.0 Å². The molecule has 1 fully saturated rings. The minimum Gasteiger partial charge on any atom is -0.377 e. The van der Waals surface area contributed by atoms with Crippen molar-refractivity contribution in [2.75, 3.05) is 18.4 Å². The van der Waals surface area contributed by atoms with Crippen LogP contribution in [-0.2, 0) is 6.54 Å². The van der Waals surface area contributed by atoms with Gasteiger partial charge in [0.15, 0.2) is 0 Å². The van der Waals surface area contributed by atoms with Crippen LogP contribution in [0.4, 0.5) is 15.8 Å². The van der Waals surface area contributed by atoms with Gasteiger partial charge in [0, 0.05) is 25.7 Å². The minimum atomic E-state index is -0.593. The molecule has 0 saturated carbocycles. The summed E-state index contributed by atoms with van der Waals surface area (Å²) < 4.78 is 13.2. The van der Waals surface area contributed by atoms with Crippen LogP contribution in [0.2, 0.25) is 0 Å². The maximum Gasteiger partial charge on any atom is 0.295 e. The molecule has 0 atom stereocenters. The van der Waals surface area contributed by atoms with Crippen LogP contribution in [0.1, 0.15) is 32.3 Å². The van der Waals surface area contributed by atoms with Crippen molar-refractivity contribution in [3.63, 3.8) is 0 Å². The second-order valence-electron chi connectivity index (χ2n) is 6.10. The zero-order chi connectivity index (χ0) is 18.9. The Morgan fingerprint density at radius 3 is 2.42 bits per heavy atom. The molecule has 26 heavy (non-hydrogen) atoms. The van der Waals surface area contributed by atoms with Crippen LogP contribution < -0.4 is 5.32 Å². The first kappa shape index (κ1) is 19.8. The summed E-state index contributed by atoms with van der Waals surface area (Å²) in [4.78, 5) is 12.9. The van der Waals surface area contributed by atoms with E-state index in [1.54, 1.807) is 0 Å². The van der Waals surface area contributed by atoms with Crippen LogP contribution in [0.3, 0.4) is 0 Å². The quantitative estimate of drug-likeness (QED) is 0.613. The van der Waals surface area contributed by atoms with E-state index in [9.17, 15) is 14.5 Å². The summed E-state index contributed by atoms with van der Waals surface area (Å²) in [5.74, 6) is -0.593. The van der Waals surface area contributed by atoms with E-state index in [0.29, 0.717) is 5.69 Å². The van der Waals surface area contributed by atoms with Gasteiger partial charge in [0.1, 0.15) is 11.5 Å². The largest absolute Gasteiger partial charge is 0.377 e.